The molecule has 0 aliphatic heterocycles. The zero-order valence-electron chi connectivity index (χ0n) is 11.4. The van der Waals surface area contributed by atoms with E-state index in [9.17, 15) is 0 Å². The third kappa shape index (κ3) is 2.56. The molecule has 0 bridgehead atoms. The van der Waals surface area contributed by atoms with Crippen molar-refractivity contribution in [2.45, 2.75) is 18.8 Å². The monoisotopic (exact) mass is 382 g/mol. The summed E-state index contributed by atoms with van der Waals surface area (Å²) < 4.78 is 6.20. The standard InChI is InChI=1S/C14H15IN4O/c1-16-14-11(15)12(8-3-4-8)18-13(19-14)9-5-6-10(20-2)17-7-9/h5-8H,3-4H2,1-2H3,(H,16,18,19). The summed E-state index contributed by atoms with van der Waals surface area (Å²) in [6, 6.07) is 3.76. The van der Waals surface area contributed by atoms with Crippen LogP contribution in [0.2, 0.25) is 0 Å². The van der Waals surface area contributed by atoms with Crippen molar-refractivity contribution in [1.29, 1.82) is 0 Å². The van der Waals surface area contributed by atoms with Crippen LogP contribution in [0.1, 0.15) is 24.5 Å². The molecule has 0 radical (unpaired) electrons. The number of ether oxygens (including phenoxy) is 1. The van der Waals surface area contributed by atoms with E-state index >= 15 is 0 Å². The Hall–Kier alpha value is -1.44. The molecule has 1 N–H and O–H groups in total. The molecule has 1 saturated carbocycles. The number of rotatable bonds is 4. The number of methoxy groups -OCH3 is 1. The van der Waals surface area contributed by atoms with Crippen LogP contribution in [0.15, 0.2) is 18.3 Å². The number of pyridine rings is 1. The molecule has 6 heteroatoms. The highest BCUT2D eigenvalue weighted by Crippen LogP contribution is 2.42. The number of hydrogen-bond acceptors (Lipinski definition) is 5. The Morgan fingerprint density at radius 3 is 2.65 bits per heavy atom. The van der Waals surface area contributed by atoms with Gasteiger partial charge in [0.1, 0.15) is 5.82 Å². The molecule has 1 aliphatic rings. The second kappa shape index (κ2) is 5.51. The summed E-state index contributed by atoms with van der Waals surface area (Å²) in [7, 11) is 3.49. The van der Waals surface area contributed by atoms with Gasteiger partial charge in [0, 0.05) is 30.8 Å². The van der Waals surface area contributed by atoms with Crippen LogP contribution < -0.4 is 10.1 Å². The first-order valence-electron chi connectivity index (χ1n) is 6.48. The topological polar surface area (TPSA) is 59.9 Å². The molecule has 0 atom stereocenters. The summed E-state index contributed by atoms with van der Waals surface area (Å²) >= 11 is 2.32. The molecule has 0 amide bonds. The fraction of sp³-hybridized carbons (Fsp3) is 0.357. The van der Waals surface area contributed by atoms with E-state index in [0.717, 1.165) is 20.6 Å². The second-order valence-corrected chi connectivity index (χ2v) is 5.79. The van der Waals surface area contributed by atoms with Crippen molar-refractivity contribution >= 4 is 28.4 Å². The molecule has 0 unspecified atom stereocenters. The van der Waals surface area contributed by atoms with Crippen LogP contribution in [-0.4, -0.2) is 29.1 Å². The van der Waals surface area contributed by atoms with Crippen molar-refractivity contribution in [1.82, 2.24) is 15.0 Å². The number of anilines is 1. The number of hydrogen-bond donors (Lipinski definition) is 1. The molecule has 0 spiro atoms. The zero-order valence-corrected chi connectivity index (χ0v) is 13.5. The third-order valence-corrected chi connectivity index (χ3v) is 4.34. The quantitative estimate of drug-likeness (QED) is 0.824. The fourth-order valence-corrected chi connectivity index (χ4v) is 2.97. The molecule has 2 aromatic rings. The summed E-state index contributed by atoms with van der Waals surface area (Å²) in [4.78, 5) is 13.5. The van der Waals surface area contributed by atoms with Crippen LogP contribution in [0, 0.1) is 3.57 Å². The van der Waals surface area contributed by atoms with Gasteiger partial charge in [-0.15, -0.1) is 0 Å². The Bertz CT molecular complexity index is 626. The zero-order chi connectivity index (χ0) is 14.1. The summed E-state index contributed by atoms with van der Waals surface area (Å²) in [5.41, 5.74) is 2.05. The first-order valence-corrected chi connectivity index (χ1v) is 7.56. The van der Waals surface area contributed by atoms with Crippen LogP contribution in [-0.2, 0) is 0 Å². The lowest BCUT2D eigenvalue weighted by Gasteiger charge is -2.10. The normalized spacial score (nSPS) is 14.2. The molecule has 2 aromatic heterocycles. The maximum Gasteiger partial charge on any atom is 0.212 e. The van der Waals surface area contributed by atoms with Crippen LogP contribution in [0.3, 0.4) is 0 Å². The minimum atomic E-state index is 0.585. The Kier molecular flexibility index (Phi) is 3.73. The summed E-state index contributed by atoms with van der Waals surface area (Å²) in [5.74, 6) is 2.78. The number of aromatic nitrogens is 3. The van der Waals surface area contributed by atoms with E-state index in [1.54, 1.807) is 13.3 Å². The minimum Gasteiger partial charge on any atom is -0.481 e. The average Bonchev–Trinajstić information content (AvgIpc) is 3.32. The third-order valence-electron chi connectivity index (χ3n) is 3.28. The van der Waals surface area contributed by atoms with Gasteiger partial charge in [0.15, 0.2) is 5.82 Å². The molecule has 0 aromatic carbocycles. The lowest BCUT2D eigenvalue weighted by Crippen LogP contribution is -2.04. The maximum absolute atomic E-state index is 5.08. The van der Waals surface area contributed by atoms with E-state index in [4.69, 9.17) is 9.72 Å². The largest absolute Gasteiger partial charge is 0.481 e. The van der Waals surface area contributed by atoms with Crippen LogP contribution in [0.5, 0.6) is 5.88 Å². The first kappa shape index (κ1) is 13.5. The van der Waals surface area contributed by atoms with Crippen molar-refractivity contribution in [3.05, 3.63) is 27.6 Å². The summed E-state index contributed by atoms with van der Waals surface area (Å²) in [5, 5.41) is 3.15. The maximum atomic E-state index is 5.08. The number of nitrogens with zero attached hydrogens (tertiary/aromatic N) is 3. The minimum absolute atomic E-state index is 0.585. The SMILES string of the molecule is CNc1nc(-c2ccc(OC)nc2)nc(C2CC2)c1I. The molecule has 1 aliphatic carbocycles. The Balaban J connectivity index is 2.05. The van der Waals surface area contributed by atoms with E-state index in [2.05, 4.69) is 37.9 Å². The lowest BCUT2D eigenvalue weighted by atomic mass is 10.2. The molecule has 5 nitrogen and oxygen atoms in total. The Morgan fingerprint density at radius 1 is 1.30 bits per heavy atom. The van der Waals surface area contributed by atoms with E-state index in [-0.39, 0.29) is 0 Å². The van der Waals surface area contributed by atoms with Gasteiger partial charge in [-0.05, 0) is 41.5 Å². The van der Waals surface area contributed by atoms with Gasteiger partial charge >= 0.3 is 0 Å². The van der Waals surface area contributed by atoms with Crippen molar-refractivity contribution in [2.75, 3.05) is 19.5 Å². The van der Waals surface area contributed by atoms with E-state index in [1.165, 1.54) is 12.8 Å². The highest BCUT2D eigenvalue weighted by molar-refractivity contribution is 14.1. The summed E-state index contributed by atoms with van der Waals surface area (Å²) in [6.45, 7) is 0. The van der Waals surface area contributed by atoms with Gasteiger partial charge in [0.2, 0.25) is 5.88 Å². The van der Waals surface area contributed by atoms with Gasteiger partial charge in [-0.25, -0.2) is 15.0 Å². The molecule has 2 heterocycles. The molecule has 3 rings (SSSR count). The number of halogens is 1. The average molecular weight is 382 g/mol. The van der Waals surface area contributed by atoms with Gasteiger partial charge < -0.3 is 10.1 Å². The predicted octanol–water partition coefficient (Wildman–Crippen LogP) is 3.07. The molecule has 104 valence electrons. The van der Waals surface area contributed by atoms with Crippen LogP contribution in [0.25, 0.3) is 11.4 Å². The van der Waals surface area contributed by atoms with Crippen molar-refractivity contribution < 1.29 is 4.74 Å². The van der Waals surface area contributed by atoms with Crippen molar-refractivity contribution in [2.24, 2.45) is 0 Å². The Labute approximate surface area is 131 Å². The van der Waals surface area contributed by atoms with Gasteiger partial charge in [0.25, 0.3) is 0 Å². The molecular formula is C14H15IN4O. The van der Waals surface area contributed by atoms with Gasteiger partial charge in [-0.1, -0.05) is 0 Å². The van der Waals surface area contributed by atoms with E-state index in [1.807, 2.05) is 19.2 Å². The fourth-order valence-electron chi connectivity index (χ4n) is 2.02. The molecular weight excluding hydrogens is 367 g/mol. The Morgan fingerprint density at radius 2 is 2.10 bits per heavy atom. The first-order chi connectivity index (χ1) is 9.72. The van der Waals surface area contributed by atoms with Crippen molar-refractivity contribution in [3.8, 4) is 17.3 Å². The van der Waals surface area contributed by atoms with Crippen LogP contribution >= 0.6 is 22.6 Å². The smallest absolute Gasteiger partial charge is 0.212 e. The van der Waals surface area contributed by atoms with Crippen LogP contribution in [0.4, 0.5) is 5.82 Å². The summed E-state index contributed by atoms with van der Waals surface area (Å²) in [6.07, 6.45) is 4.18. The highest BCUT2D eigenvalue weighted by atomic mass is 127. The van der Waals surface area contributed by atoms with E-state index in [0.29, 0.717) is 17.6 Å². The second-order valence-electron chi connectivity index (χ2n) is 4.71. The lowest BCUT2D eigenvalue weighted by molar-refractivity contribution is 0.398. The molecule has 1 fully saturated rings. The van der Waals surface area contributed by atoms with E-state index < -0.39 is 0 Å². The van der Waals surface area contributed by atoms with Crippen molar-refractivity contribution in [3.63, 3.8) is 0 Å². The van der Waals surface area contributed by atoms with Gasteiger partial charge in [-0.2, -0.15) is 0 Å². The number of nitrogens with one attached hydrogen (secondary N) is 1. The predicted molar refractivity (Wildman–Crippen MR) is 86.1 cm³/mol. The van der Waals surface area contributed by atoms with Gasteiger partial charge in [-0.3, -0.25) is 0 Å². The molecule has 0 saturated heterocycles. The highest BCUT2D eigenvalue weighted by Gasteiger charge is 2.29. The van der Waals surface area contributed by atoms with Gasteiger partial charge in [0.05, 0.1) is 16.4 Å². The molecule has 20 heavy (non-hydrogen) atoms.